The van der Waals surface area contributed by atoms with Crippen molar-refractivity contribution in [1.29, 1.82) is 0 Å². The van der Waals surface area contributed by atoms with Gasteiger partial charge in [0.15, 0.2) is 0 Å². The summed E-state index contributed by atoms with van der Waals surface area (Å²) in [5, 5.41) is 0. The molecule has 1 heterocycles. The van der Waals surface area contributed by atoms with Crippen LogP contribution in [0.2, 0.25) is 0 Å². The second-order valence-corrected chi connectivity index (χ2v) is 3.73. The van der Waals surface area contributed by atoms with Crippen molar-refractivity contribution in [2.45, 2.75) is 19.3 Å². The molecule has 0 aromatic heterocycles. The van der Waals surface area contributed by atoms with Gasteiger partial charge < -0.3 is 9.53 Å². The molecule has 0 bridgehead atoms. The van der Waals surface area contributed by atoms with Gasteiger partial charge in [-0.25, -0.2) is 0 Å². The molecule has 0 N–H and O–H groups in total. The minimum absolute atomic E-state index is 0. The maximum atomic E-state index is 11.3. The Kier molecular flexibility index (Phi) is 4.16. The Balaban J connectivity index is 0.000000980. The van der Waals surface area contributed by atoms with Crippen LogP contribution in [0.15, 0.2) is 12.3 Å². The van der Waals surface area contributed by atoms with Crippen molar-refractivity contribution >= 4 is 12.3 Å². The fraction of sp³-hybridized carbons (Fsp3) is 0.600. The number of carbonyl (C=O) groups excluding carboxylic acids is 2. The third-order valence-corrected chi connectivity index (χ3v) is 2.96. The number of ether oxygens (including phenoxy) is 1. The summed E-state index contributed by atoms with van der Waals surface area (Å²) in [7, 11) is 0. The molecule has 1 saturated heterocycles. The molecule has 2 fully saturated rings. The maximum Gasteiger partial charge on any atom is 0.314 e. The third-order valence-electron chi connectivity index (χ3n) is 2.96. The summed E-state index contributed by atoms with van der Waals surface area (Å²) < 4.78 is 4.94. The Hall–Kier alpha value is 0.140. The number of esters is 1. The number of hydrogen-bond donors (Lipinski definition) is 0. The summed E-state index contributed by atoms with van der Waals surface area (Å²) in [6, 6.07) is 0. The van der Waals surface area contributed by atoms with Crippen molar-refractivity contribution in [2.75, 3.05) is 0 Å². The van der Waals surface area contributed by atoms with E-state index in [-0.39, 0.29) is 61.5 Å². The van der Waals surface area contributed by atoms with Crippen LogP contribution in [0.1, 0.15) is 19.3 Å². The van der Waals surface area contributed by atoms with Gasteiger partial charge in [-0.05, 0) is 6.42 Å². The molecule has 3 nitrogen and oxygen atoms in total. The number of allylic oxidation sites excluding steroid dienone is 1. The first-order valence-corrected chi connectivity index (χ1v) is 4.50. The molecule has 1 radical (unpaired) electrons. The number of fused-ring (bicyclic) bond motifs is 1. The molecule has 81 valence electrons. The molecule has 0 spiro atoms. The summed E-state index contributed by atoms with van der Waals surface area (Å²) in [5.41, 5.74) is 0. The minimum Gasteiger partial charge on any atom is -0.542 e. The van der Waals surface area contributed by atoms with Gasteiger partial charge in [0.25, 0.3) is 0 Å². The average Bonchev–Trinajstić information content (AvgIpc) is 2.42. The van der Waals surface area contributed by atoms with Gasteiger partial charge in [0.2, 0.25) is 0 Å². The van der Waals surface area contributed by atoms with E-state index in [4.69, 9.17) is 4.74 Å². The van der Waals surface area contributed by atoms with Crippen LogP contribution < -0.4 is 0 Å². The zero-order valence-corrected chi connectivity index (χ0v) is 9.52. The van der Waals surface area contributed by atoms with Gasteiger partial charge in [-0.15, -0.1) is 5.92 Å². The van der Waals surface area contributed by atoms with Crippen LogP contribution in [0.3, 0.4) is 0 Å². The Morgan fingerprint density at radius 1 is 1.36 bits per heavy atom. The van der Waals surface area contributed by atoms with E-state index in [1.807, 2.05) is 6.29 Å². The number of cyclic esters (lactones) is 1. The predicted molar refractivity (Wildman–Crippen MR) is 45.2 cm³/mol. The van der Waals surface area contributed by atoms with Crippen LogP contribution >= 0.6 is 0 Å². The van der Waals surface area contributed by atoms with Gasteiger partial charge in [0, 0.05) is 43.7 Å². The molecule has 1 aliphatic heterocycles. The standard InChI is InChI=1S/C10H11O3.Ho/c1-6-8-3-2-7(5-11)4-9(8)10(12)13-6;/h7-9H,1-4H2;/q-1;. The normalized spacial score (nSPS) is 35.6. The zero-order chi connectivity index (χ0) is 9.42. The summed E-state index contributed by atoms with van der Waals surface area (Å²) in [6.07, 6.45) is 4.19. The molecular weight excluding hydrogens is 333 g/mol. The predicted octanol–water partition coefficient (Wildman–Crippen LogP) is 1.20. The first-order chi connectivity index (χ1) is 6.22. The fourth-order valence-electron chi connectivity index (χ4n) is 2.20. The van der Waals surface area contributed by atoms with E-state index in [0.717, 1.165) is 12.8 Å². The van der Waals surface area contributed by atoms with Crippen LogP contribution in [-0.2, 0) is 14.3 Å². The molecule has 1 saturated carbocycles. The topological polar surface area (TPSA) is 43.4 Å². The van der Waals surface area contributed by atoms with E-state index < -0.39 is 0 Å². The van der Waals surface area contributed by atoms with Crippen LogP contribution in [0.5, 0.6) is 0 Å². The van der Waals surface area contributed by atoms with Crippen molar-refractivity contribution in [1.82, 2.24) is 0 Å². The van der Waals surface area contributed by atoms with E-state index in [1.165, 1.54) is 0 Å². The van der Waals surface area contributed by atoms with Crippen LogP contribution in [0.25, 0.3) is 0 Å². The summed E-state index contributed by atoms with van der Waals surface area (Å²) >= 11 is 0. The SMILES string of the molecule is C=C1OC(=O)C2CC([C-]=O)CCC12.[Ho]. The monoisotopic (exact) mass is 344 g/mol. The van der Waals surface area contributed by atoms with Crippen molar-refractivity contribution in [3.05, 3.63) is 12.3 Å². The molecule has 0 aromatic rings. The van der Waals surface area contributed by atoms with Gasteiger partial charge in [0.05, 0.1) is 5.92 Å². The molecule has 3 atom stereocenters. The minimum atomic E-state index is -0.213. The largest absolute Gasteiger partial charge is 0.542 e. The smallest absolute Gasteiger partial charge is 0.314 e. The summed E-state index contributed by atoms with van der Waals surface area (Å²) in [5.74, 6) is 0.304. The first kappa shape index (κ1) is 12.2. The van der Waals surface area contributed by atoms with Gasteiger partial charge in [-0.2, -0.15) is 0 Å². The number of hydrogen-bond acceptors (Lipinski definition) is 3. The van der Waals surface area contributed by atoms with Crippen LogP contribution in [0, 0.1) is 55.5 Å². The van der Waals surface area contributed by atoms with Gasteiger partial charge in [0.1, 0.15) is 5.76 Å². The Bertz CT molecular complexity index is 275. The van der Waals surface area contributed by atoms with Crippen molar-refractivity contribution in [3.63, 3.8) is 0 Å². The number of rotatable bonds is 1. The second kappa shape index (κ2) is 4.77. The second-order valence-electron chi connectivity index (χ2n) is 3.73. The molecular formula is C10H11HoO3-. The van der Waals surface area contributed by atoms with Gasteiger partial charge in [-0.1, -0.05) is 19.4 Å². The third kappa shape index (κ3) is 2.05. The first-order valence-electron chi connectivity index (χ1n) is 4.50. The summed E-state index contributed by atoms with van der Waals surface area (Å²) in [4.78, 5) is 21.7. The molecule has 0 amide bonds. The molecule has 2 aliphatic rings. The van der Waals surface area contributed by atoms with E-state index in [2.05, 4.69) is 6.58 Å². The van der Waals surface area contributed by atoms with Crippen molar-refractivity contribution in [3.8, 4) is 0 Å². The molecule has 4 heteroatoms. The quantitative estimate of drug-likeness (QED) is 0.408. The Labute approximate surface area is 113 Å². The van der Waals surface area contributed by atoms with E-state index >= 15 is 0 Å². The van der Waals surface area contributed by atoms with Crippen LogP contribution in [0.4, 0.5) is 0 Å². The van der Waals surface area contributed by atoms with Gasteiger partial charge in [-0.3, -0.25) is 11.1 Å². The summed E-state index contributed by atoms with van der Waals surface area (Å²) in [6.45, 7) is 3.70. The zero-order valence-electron chi connectivity index (χ0n) is 7.59. The maximum absolute atomic E-state index is 11.3. The van der Waals surface area contributed by atoms with E-state index in [1.54, 1.807) is 0 Å². The number of carbonyl (C=O) groups is 1. The average molecular weight is 344 g/mol. The molecule has 2 rings (SSSR count). The van der Waals surface area contributed by atoms with E-state index in [0.29, 0.717) is 12.2 Å². The molecule has 3 unspecified atom stereocenters. The fourth-order valence-corrected chi connectivity index (χ4v) is 2.20. The Morgan fingerprint density at radius 3 is 2.71 bits per heavy atom. The van der Waals surface area contributed by atoms with E-state index in [9.17, 15) is 9.59 Å². The molecule has 1 aliphatic carbocycles. The van der Waals surface area contributed by atoms with Crippen LogP contribution in [-0.4, -0.2) is 12.3 Å². The Morgan fingerprint density at radius 2 is 2.07 bits per heavy atom. The molecule has 14 heavy (non-hydrogen) atoms. The van der Waals surface area contributed by atoms with Crippen molar-refractivity contribution in [2.24, 2.45) is 17.8 Å². The molecule has 0 aromatic carbocycles. The van der Waals surface area contributed by atoms with Gasteiger partial charge >= 0.3 is 5.97 Å². The van der Waals surface area contributed by atoms with Crippen molar-refractivity contribution < 1.29 is 52.1 Å².